The molecule has 0 amide bonds. The number of aliphatic carboxylic acids is 1. The van der Waals surface area contributed by atoms with Gasteiger partial charge in [-0.3, -0.25) is 0 Å². The van der Waals surface area contributed by atoms with E-state index in [9.17, 15) is 4.79 Å². The van der Waals surface area contributed by atoms with Crippen molar-refractivity contribution in [1.82, 2.24) is 10.2 Å². The van der Waals surface area contributed by atoms with E-state index in [1.807, 2.05) is 16.8 Å². The summed E-state index contributed by atoms with van der Waals surface area (Å²) in [6.07, 6.45) is 2.80. The number of carboxylic acid groups (broad SMARTS) is 1. The summed E-state index contributed by atoms with van der Waals surface area (Å²) in [6.45, 7) is 0. The van der Waals surface area contributed by atoms with E-state index < -0.39 is 5.97 Å². The molecule has 2 rings (SSSR count). The lowest BCUT2D eigenvalue weighted by molar-refractivity contribution is -0.131. The summed E-state index contributed by atoms with van der Waals surface area (Å²) in [5.41, 5.74) is 1.10. The van der Waals surface area contributed by atoms with Gasteiger partial charge in [0.25, 0.3) is 0 Å². The zero-order valence-electron chi connectivity index (χ0n) is 8.16. The Kier molecular flexibility index (Phi) is 3.11. The summed E-state index contributed by atoms with van der Waals surface area (Å²) in [5, 5.41) is 19.9. The summed E-state index contributed by atoms with van der Waals surface area (Å²) in [7, 11) is 0. The third-order valence-corrected chi connectivity index (χ3v) is 2.52. The Balaban J connectivity index is 2.05. The highest BCUT2D eigenvalue weighted by molar-refractivity contribution is 7.07. The van der Waals surface area contributed by atoms with Crippen LogP contribution in [0.2, 0.25) is 0 Å². The molecule has 6 heteroatoms. The third-order valence-electron chi connectivity index (χ3n) is 1.79. The smallest absolute Gasteiger partial charge is 0.328 e. The molecule has 0 bridgehead atoms. The van der Waals surface area contributed by atoms with Gasteiger partial charge in [0, 0.05) is 12.2 Å². The predicted molar refractivity (Wildman–Crippen MR) is 58.1 cm³/mol. The SMILES string of the molecule is O=C(O)/C=C/c1nnc(Cc2ccsc2)o1. The monoisotopic (exact) mass is 236 g/mol. The molecule has 2 aromatic rings. The highest BCUT2D eigenvalue weighted by atomic mass is 32.1. The molecule has 0 unspecified atom stereocenters. The predicted octanol–water partition coefficient (Wildman–Crippen LogP) is 1.82. The number of rotatable bonds is 4. The molecule has 0 aliphatic heterocycles. The summed E-state index contributed by atoms with van der Waals surface area (Å²) in [5.74, 6) is -0.367. The minimum Gasteiger partial charge on any atom is -0.478 e. The van der Waals surface area contributed by atoms with Crippen molar-refractivity contribution in [3.63, 3.8) is 0 Å². The molecular weight excluding hydrogens is 228 g/mol. The lowest BCUT2D eigenvalue weighted by Gasteiger charge is -1.88. The van der Waals surface area contributed by atoms with Gasteiger partial charge in [0.05, 0.1) is 6.42 Å². The maximum Gasteiger partial charge on any atom is 0.328 e. The molecule has 0 atom stereocenters. The molecule has 0 saturated carbocycles. The second-order valence-corrected chi connectivity index (χ2v) is 3.79. The van der Waals surface area contributed by atoms with Crippen molar-refractivity contribution >= 4 is 23.4 Å². The molecule has 0 spiro atoms. The Hall–Kier alpha value is -1.95. The molecule has 0 fully saturated rings. The lowest BCUT2D eigenvalue weighted by atomic mass is 10.2. The highest BCUT2D eigenvalue weighted by Gasteiger charge is 2.05. The van der Waals surface area contributed by atoms with Crippen LogP contribution in [0.15, 0.2) is 27.3 Å². The van der Waals surface area contributed by atoms with Crippen LogP contribution in [0.4, 0.5) is 0 Å². The first-order chi connectivity index (χ1) is 7.74. The number of nitrogens with zero attached hydrogens (tertiary/aromatic N) is 2. The van der Waals surface area contributed by atoms with Crippen molar-refractivity contribution in [2.24, 2.45) is 0 Å². The van der Waals surface area contributed by atoms with Crippen LogP contribution in [0.5, 0.6) is 0 Å². The molecule has 0 aliphatic carbocycles. The van der Waals surface area contributed by atoms with Crippen molar-refractivity contribution < 1.29 is 14.3 Å². The van der Waals surface area contributed by atoms with Crippen LogP contribution in [0, 0.1) is 0 Å². The van der Waals surface area contributed by atoms with Gasteiger partial charge < -0.3 is 9.52 Å². The summed E-state index contributed by atoms with van der Waals surface area (Å²) < 4.78 is 5.24. The fourth-order valence-electron chi connectivity index (χ4n) is 1.12. The molecule has 5 nitrogen and oxygen atoms in total. The van der Waals surface area contributed by atoms with E-state index >= 15 is 0 Å². The van der Waals surface area contributed by atoms with E-state index in [0.717, 1.165) is 11.6 Å². The lowest BCUT2D eigenvalue weighted by Crippen LogP contribution is -1.85. The first-order valence-corrected chi connectivity index (χ1v) is 5.43. The second kappa shape index (κ2) is 4.71. The van der Waals surface area contributed by atoms with E-state index in [4.69, 9.17) is 9.52 Å². The molecule has 2 aromatic heterocycles. The minimum absolute atomic E-state index is 0.202. The van der Waals surface area contributed by atoms with Gasteiger partial charge in [-0.1, -0.05) is 0 Å². The van der Waals surface area contributed by atoms with Gasteiger partial charge in [0.1, 0.15) is 0 Å². The zero-order valence-corrected chi connectivity index (χ0v) is 8.98. The van der Waals surface area contributed by atoms with Gasteiger partial charge in [0.15, 0.2) is 0 Å². The Morgan fingerprint density at radius 3 is 3.12 bits per heavy atom. The van der Waals surface area contributed by atoms with E-state index in [-0.39, 0.29) is 5.89 Å². The topological polar surface area (TPSA) is 76.2 Å². The molecule has 0 saturated heterocycles. The normalized spacial score (nSPS) is 11.0. The summed E-state index contributed by atoms with van der Waals surface area (Å²) >= 11 is 1.60. The fourth-order valence-corrected chi connectivity index (χ4v) is 1.78. The van der Waals surface area contributed by atoms with Crippen LogP contribution >= 0.6 is 11.3 Å². The van der Waals surface area contributed by atoms with Crippen LogP contribution in [-0.2, 0) is 11.2 Å². The Labute approximate surface area is 95.1 Å². The maximum atomic E-state index is 10.3. The quantitative estimate of drug-likeness (QED) is 0.819. The number of thiophene rings is 1. The van der Waals surface area contributed by atoms with Crippen molar-refractivity contribution in [3.8, 4) is 0 Å². The van der Waals surface area contributed by atoms with E-state index in [2.05, 4.69) is 10.2 Å². The van der Waals surface area contributed by atoms with E-state index in [0.29, 0.717) is 12.3 Å². The van der Waals surface area contributed by atoms with Gasteiger partial charge in [-0.25, -0.2) is 4.79 Å². The second-order valence-electron chi connectivity index (χ2n) is 3.01. The molecule has 0 aliphatic rings. The highest BCUT2D eigenvalue weighted by Crippen LogP contribution is 2.12. The van der Waals surface area contributed by atoms with Crippen LogP contribution in [0.1, 0.15) is 17.3 Å². The number of carboxylic acids is 1. The molecule has 82 valence electrons. The van der Waals surface area contributed by atoms with Gasteiger partial charge in [-0.2, -0.15) is 11.3 Å². The molecule has 0 aromatic carbocycles. The van der Waals surface area contributed by atoms with E-state index in [1.54, 1.807) is 11.3 Å². The van der Waals surface area contributed by atoms with Crippen LogP contribution < -0.4 is 0 Å². The zero-order chi connectivity index (χ0) is 11.4. The first-order valence-electron chi connectivity index (χ1n) is 4.48. The van der Waals surface area contributed by atoms with Gasteiger partial charge in [0.2, 0.25) is 11.8 Å². The Morgan fingerprint density at radius 1 is 1.56 bits per heavy atom. The standard InChI is InChI=1S/C10H8N2O3S/c13-10(14)2-1-8-11-12-9(15-8)5-7-3-4-16-6-7/h1-4,6H,5H2,(H,13,14)/b2-1+. The van der Waals surface area contributed by atoms with Crippen LogP contribution in [0.25, 0.3) is 6.08 Å². The minimum atomic E-state index is -1.04. The number of aromatic nitrogens is 2. The van der Waals surface area contributed by atoms with E-state index in [1.165, 1.54) is 6.08 Å². The third kappa shape index (κ3) is 2.77. The van der Waals surface area contributed by atoms with Crippen molar-refractivity contribution in [2.45, 2.75) is 6.42 Å². The number of carbonyl (C=O) groups is 1. The van der Waals surface area contributed by atoms with Gasteiger partial charge >= 0.3 is 5.97 Å². The van der Waals surface area contributed by atoms with Gasteiger partial charge in [-0.05, 0) is 22.4 Å². The molecule has 0 radical (unpaired) electrons. The summed E-state index contributed by atoms with van der Waals surface area (Å²) in [4.78, 5) is 10.3. The number of hydrogen-bond acceptors (Lipinski definition) is 5. The Morgan fingerprint density at radius 2 is 2.44 bits per heavy atom. The van der Waals surface area contributed by atoms with Crippen LogP contribution in [0.3, 0.4) is 0 Å². The fraction of sp³-hybridized carbons (Fsp3) is 0.100. The molecule has 16 heavy (non-hydrogen) atoms. The molecule has 1 N–H and O–H groups in total. The Bertz CT molecular complexity index is 502. The summed E-state index contributed by atoms with van der Waals surface area (Å²) in [6, 6.07) is 1.97. The van der Waals surface area contributed by atoms with Crippen molar-refractivity contribution in [3.05, 3.63) is 40.2 Å². The van der Waals surface area contributed by atoms with Gasteiger partial charge in [-0.15, -0.1) is 10.2 Å². The van der Waals surface area contributed by atoms with Crippen molar-refractivity contribution in [2.75, 3.05) is 0 Å². The van der Waals surface area contributed by atoms with Crippen molar-refractivity contribution in [1.29, 1.82) is 0 Å². The van der Waals surface area contributed by atoms with Crippen LogP contribution in [-0.4, -0.2) is 21.3 Å². The first kappa shape index (κ1) is 10.6. The number of hydrogen-bond donors (Lipinski definition) is 1. The average Bonchev–Trinajstić information content (AvgIpc) is 2.87. The largest absolute Gasteiger partial charge is 0.478 e. The maximum absolute atomic E-state index is 10.3. The average molecular weight is 236 g/mol. The molecule has 2 heterocycles. The molecular formula is C10H8N2O3S.